The number of anilines is 2. The number of nitrogens with one attached hydrogen (secondary N) is 1. The van der Waals surface area contributed by atoms with Crippen LogP contribution in [-0.2, 0) is 12.8 Å². The number of aryl methyl sites for hydroxylation is 2. The zero-order valence-electron chi connectivity index (χ0n) is 15.5. The van der Waals surface area contributed by atoms with Gasteiger partial charge >= 0.3 is 0 Å². The number of hydrogen-bond donors (Lipinski definition) is 1. The van der Waals surface area contributed by atoms with E-state index >= 15 is 0 Å². The number of rotatable bonds is 5. The Hall–Kier alpha value is -3.32. The molecule has 1 heteroatoms. The maximum Gasteiger partial charge on any atom is 0.0384 e. The van der Waals surface area contributed by atoms with Gasteiger partial charge < -0.3 is 5.32 Å². The summed E-state index contributed by atoms with van der Waals surface area (Å²) in [5.41, 5.74) is 5.06. The number of para-hydroxylation sites is 2. The third-order valence-electron chi connectivity index (χ3n) is 4.22. The fourth-order valence-electron chi connectivity index (χ4n) is 2.79. The van der Waals surface area contributed by atoms with Crippen molar-refractivity contribution in [2.45, 2.75) is 12.8 Å². The van der Waals surface area contributed by atoms with Crippen LogP contribution in [0.1, 0.15) is 11.1 Å². The third kappa shape index (κ3) is 6.83. The molecule has 27 heavy (non-hydrogen) atoms. The van der Waals surface area contributed by atoms with Crippen molar-refractivity contribution in [3.8, 4) is 0 Å². The molecule has 1 nitrogen and oxygen atoms in total. The van der Waals surface area contributed by atoms with E-state index in [-0.39, 0.29) is 0 Å². The molecule has 0 aliphatic rings. The molecule has 0 amide bonds. The van der Waals surface area contributed by atoms with Crippen molar-refractivity contribution < 1.29 is 0 Å². The Morgan fingerprint density at radius 1 is 0.370 bits per heavy atom. The molecule has 0 heterocycles. The van der Waals surface area contributed by atoms with Crippen LogP contribution < -0.4 is 5.32 Å². The maximum atomic E-state index is 3.30. The third-order valence-corrected chi connectivity index (χ3v) is 4.22. The van der Waals surface area contributed by atoms with Crippen molar-refractivity contribution in [3.05, 3.63) is 132 Å². The summed E-state index contributed by atoms with van der Waals surface area (Å²) in [5.74, 6) is 0. The molecule has 0 bridgehead atoms. The minimum Gasteiger partial charge on any atom is -0.356 e. The van der Waals surface area contributed by atoms with Crippen LogP contribution in [0.3, 0.4) is 0 Å². The Kier molecular flexibility index (Phi) is 7.27. The fourth-order valence-corrected chi connectivity index (χ4v) is 2.79. The molecule has 0 unspecified atom stereocenters. The summed E-state index contributed by atoms with van der Waals surface area (Å²) in [5, 5.41) is 3.30. The molecule has 0 aliphatic carbocycles. The van der Waals surface area contributed by atoms with Crippen molar-refractivity contribution in [1.82, 2.24) is 0 Å². The highest BCUT2D eigenvalue weighted by Gasteiger charge is 1.93. The van der Waals surface area contributed by atoms with E-state index in [4.69, 9.17) is 0 Å². The van der Waals surface area contributed by atoms with E-state index in [1.807, 2.05) is 60.7 Å². The minimum atomic E-state index is 1.12. The van der Waals surface area contributed by atoms with E-state index in [9.17, 15) is 0 Å². The van der Waals surface area contributed by atoms with Gasteiger partial charge in [-0.1, -0.05) is 97.1 Å². The first-order valence-corrected chi connectivity index (χ1v) is 9.35. The van der Waals surface area contributed by atoms with Crippen molar-refractivity contribution in [1.29, 1.82) is 0 Å². The van der Waals surface area contributed by atoms with Gasteiger partial charge in [0.2, 0.25) is 0 Å². The molecule has 4 rings (SSSR count). The van der Waals surface area contributed by atoms with Crippen LogP contribution in [0, 0.1) is 0 Å². The fraction of sp³-hybridized carbons (Fsp3) is 0.0769. The molecule has 0 aromatic heterocycles. The normalized spacial score (nSPS) is 9.78. The van der Waals surface area contributed by atoms with Gasteiger partial charge in [0.15, 0.2) is 0 Å². The van der Waals surface area contributed by atoms with Crippen LogP contribution in [0.5, 0.6) is 0 Å². The first-order chi connectivity index (χ1) is 13.4. The number of benzene rings is 4. The van der Waals surface area contributed by atoms with E-state index in [1.165, 1.54) is 11.1 Å². The molecule has 0 spiro atoms. The largest absolute Gasteiger partial charge is 0.356 e. The molecule has 0 saturated carbocycles. The monoisotopic (exact) mass is 351 g/mol. The van der Waals surface area contributed by atoms with Crippen LogP contribution in [0.25, 0.3) is 0 Å². The number of hydrogen-bond acceptors (Lipinski definition) is 1. The Morgan fingerprint density at radius 2 is 0.667 bits per heavy atom. The van der Waals surface area contributed by atoms with Crippen LogP contribution >= 0.6 is 0 Å². The van der Waals surface area contributed by atoms with Gasteiger partial charge in [0.1, 0.15) is 0 Å². The zero-order chi connectivity index (χ0) is 18.6. The van der Waals surface area contributed by atoms with Gasteiger partial charge in [0, 0.05) is 11.4 Å². The van der Waals surface area contributed by atoms with Gasteiger partial charge in [-0.3, -0.25) is 0 Å². The standard InChI is InChI=1S/C14H14.C12H11N/c1-3-7-13(8-4-1)11-12-14-9-5-2-6-10-14;1-3-7-11(8-4-1)13-12-9-5-2-6-10-12/h1-10H,11-12H2;1-10,13H. The van der Waals surface area contributed by atoms with Crippen molar-refractivity contribution in [2.24, 2.45) is 0 Å². The summed E-state index contributed by atoms with van der Waals surface area (Å²) in [4.78, 5) is 0. The lowest BCUT2D eigenvalue weighted by molar-refractivity contribution is 0.960. The van der Waals surface area contributed by atoms with Crippen molar-refractivity contribution in [3.63, 3.8) is 0 Å². The molecule has 0 saturated heterocycles. The van der Waals surface area contributed by atoms with Crippen LogP contribution in [0.15, 0.2) is 121 Å². The highest BCUT2D eigenvalue weighted by molar-refractivity contribution is 5.58. The highest BCUT2D eigenvalue weighted by atomic mass is 14.9. The summed E-state index contributed by atoms with van der Waals surface area (Å²) in [6.07, 6.45) is 2.26. The Morgan fingerprint density at radius 3 is 1.00 bits per heavy atom. The summed E-state index contributed by atoms with van der Waals surface area (Å²) >= 11 is 0. The molecule has 1 N–H and O–H groups in total. The van der Waals surface area contributed by atoms with E-state index in [0.717, 1.165) is 24.2 Å². The van der Waals surface area contributed by atoms with Crippen molar-refractivity contribution in [2.75, 3.05) is 5.32 Å². The Bertz CT molecular complexity index is 795. The van der Waals surface area contributed by atoms with Gasteiger partial charge in [0.25, 0.3) is 0 Å². The molecule has 4 aromatic rings. The average molecular weight is 351 g/mol. The van der Waals surface area contributed by atoms with E-state index < -0.39 is 0 Å². The first-order valence-electron chi connectivity index (χ1n) is 9.35. The lowest BCUT2D eigenvalue weighted by Crippen LogP contribution is -1.89. The van der Waals surface area contributed by atoms with Crippen LogP contribution in [-0.4, -0.2) is 0 Å². The SMILES string of the molecule is c1ccc(CCc2ccccc2)cc1.c1ccc(Nc2ccccc2)cc1. The summed E-state index contributed by atoms with van der Waals surface area (Å²) in [6.45, 7) is 0. The molecule has 4 aromatic carbocycles. The second kappa shape index (κ2) is 10.6. The second-order valence-electron chi connectivity index (χ2n) is 6.33. The summed E-state index contributed by atoms with van der Waals surface area (Å²) in [7, 11) is 0. The molecular formula is C26H25N. The maximum absolute atomic E-state index is 3.30. The van der Waals surface area contributed by atoms with Gasteiger partial charge in [-0.25, -0.2) is 0 Å². The Labute approximate surface area is 162 Å². The molecule has 0 atom stereocenters. The minimum absolute atomic E-state index is 1.12. The molecular weight excluding hydrogens is 326 g/mol. The topological polar surface area (TPSA) is 12.0 Å². The van der Waals surface area contributed by atoms with E-state index in [1.54, 1.807) is 0 Å². The lowest BCUT2D eigenvalue weighted by atomic mass is 10.0. The summed E-state index contributed by atoms with van der Waals surface area (Å²) in [6, 6.07) is 41.5. The second-order valence-corrected chi connectivity index (χ2v) is 6.33. The average Bonchev–Trinajstić information content (AvgIpc) is 2.76. The molecule has 134 valence electrons. The van der Waals surface area contributed by atoms with Gasteiger partial charge in [0.05, 0.1) is 0 Å². The molecule has 0 radical (unpaired) electrons. The quantitative estimate of drug-likeness (QED) is 0.412. The first kappa shape index (κ1) is 18.5. The smallest absolute Gasteiger partial charge is 0.0384 e. The highest BCUT2D eigenvalue weighted by Crippen LogP contribution is 2.14. The van der Waals surface area contributed by atoms with Crippen LogP contribution in [0.4, 0.5) is 11.4 Å². The zero-order valence-corrected chi connectivity index (χ0v) is 15.5. The predicted octanol–water partition coefficient (Wildman–Crippen LogP) is 6.90. The lowest BCUT2D eigenvalue weighted by Gasteiger charge is -2.04. The van der Waals surface area contributed by atoms with E-state index in [0.29, 0.717) is 0 Å². The predicted molar refractivity (Wildman–Crippen MR) is 116 cm³/mol. The van der Waals surface area contributed by atoms with Gasteiger partial charge in [-0.15, -0.1) is 0 Å². The van der Waals surface area contributed by atoms with Crippen molar-refractivity contribution >= 4 is 11.4 Å². The van der Waals surface area contributed by atoms with Crippen LogP contribution in [0.2, 0.25) is 0 Å². The van der Waals surface area contributed by atoms with E-state index in [2.05, 4.69) is 66.0 Å². The summed E-state index contributed by atoms with van der Waals surface area (Å²) < 4.78 is 0. The van der Waals surface area contributed by atoms with Gasteiger partial charge in [-0.05, 0) is 48.2 Å². The van der Waals surface area contributed by atoms with Gasteiger partial charge in [-0.2, -0.15) is 0 Å². The molecule has 0 aliphatic heterocycles. The molecule has 0 fully saturated rings. The Balaban J connectivity index is 0.000000156.